The van der Waals surface area contributed by atoms with Gasteiger partial charge in [-0.2, -0.15) is 5.10 Å². The average molecular weight is 306 g/mol. The Labute approximate surface area is 134 Å². The standard InChI is InChI=1S/C18H18N4O/c19-17(9-13-5-2-1-3-6-13)18(23)22-16-8-4-7-14(10-16)15-11-20-21-12-15/h1-8,10-12,17H,9,19H2,(H,20,21)(H,22,23)/t17-/m0/s1. The van der Waals surface area contributed by atoms with Gasteiger partial charge in [0.2, 0.25) is 5.91 Å². The minimum atomic E-state index is -0.588. The number of hydrogen-bond acceptors (Lipinski definition) is 3. The van der Waals surface area contributed by atoms with Gasteiger partial charge in [-0.3, -0.25) is 9.89 Å². The molecule has 2 aromatic carbocycles. The van der Waals surface area contributed by atoms with Crippen molar-refractivity contribution in [3.05, 3.63) is 72.6 Å². The van der Waals surface area contributed by atoms with Crippen LogP contribution in [0.25, 0.3) is 11.1 Å². The van der Waals surface area contributed by atoms with Crippen molar-refractivity contribution >= 4 is 11.6 Å². The van der Waals surface area contributed by atoms with Crippen LogP contribution in [0.2, 0.25) is 0 Å². The number of nitrogens with zero attached hydrogens (tertiary/aromatic N) is 1. The number of rotatable bonds is 5. The lowest BCUT2D eigenvalue weighted by Gasteiger charge is -2.13. The third-order valence-electron chi connectivity index (χ3n) is 3.60. The van der Waals surface area contributed by atoms with Crippen LogP contribution in [0.1, 0.15) is 5.56 Å². The number of hydrogen-bond donors (Lipinski definition) is 3. The van der Waals surface area contributed by atoms with E-state index in [0.29, 0.717) is 6.42 Å². The Morgan fingerprint density at radius 1 is 1.13 bits per heavy atom. The van der Waals surface area contributed by atoms with E-state index >= 15 is 0 Å². The molecule has 3 aromatic rings. The van der Waals surface area contributed by atoms with E-state index in [4.69, 9.17) is 5.73 Å². The lowest BCUT2D eigenvalue weighted by molar-refractivity contribution is -0.117. The second kappa shape index (κ2) is 6.89. The van der Waals surface area contributed by atoms with E-state index in [-0.39, 0.29) is 5.91 Å². The van der Waals surface area contributed by atoms with Crippen LogP contribution in [0.4, 0.5) is 5.69 Å². The molecule has 23 heavy (non-hydrogen) atoms. The van der Waals surface area contributed by atoms with Gasteiger partial charge in [-0.1, -0.05) is 42.5 Å². The molecule has 0 aliphatic carbocycles. The topological polar surface area (TPSA) is 83.8 Å². The molecule has 1 amide bonds. The summed E-state index contributed by atoms with van der Waals surface area (Å²) in [6.45, 7) is 0. The Hall–Kier alpha value is -2.92. The molecule has 1 heterocycles. The van der Waals surface area contributed by atoms with Gasteiger partial charge in [-0.05, 0) is 29.7 Å². The summed E-state index contributed by atoms with van der Waals surface area (Å²) in [5.74, 6) is -0.196. The number of amides is 1. The molecule has 116 valence electrons. The van der Waals surface area contributed by atoms with Crippen molar-refractivity contribution < 1.29 is 4.79 Å². The fourth-order valence-corrected chi connectivity index (χ4v) is 2.38. The van der Waals surface area contributed by atoms with Crippen LogP contribution in [-0.2, 0) is 11.2 Å². The van der Waals surface area contributed by atoms with Crippen LogP contribution in [0.15, 0.2) is 67.0 Å². The molecule has 4 N–H and O–H groups in total. The highest BCUT2D eigenvalue weighted by Gasteiger charge is 2.14. The van der Waals surface area contributed by atoms with Gasteiger partial charge in [0.15, 0.2) is 0 Å². The molecule has 3 rings (SSSR count). The van der Waals surface area contributed by atoms with Crippen LogP contribution >= 0.6 is 0 Å². The van der Waals surface area contributed by atoms with Crippen LogP contribution < -0.4 is 11.1 Å². The van der Waals surface area contributed by atoms with Crippen LogP contribution in [0.3, 0.4) is 0 Å². The molecule has 0 bridgehead atoms. The van der Waals surface area contributed by atoms with Gasteiger partial charge in [-0.15, -0.1) is 0 Å². The molecule has 0 unspecified atom stereocenters. The van der Waals surface area contributed by atoms with Gasteiger partial charge in [-0.25, -0.2) is 0 Å². The van der Waals surface area contributed by atoms with Crippen molar-refractivity contribution in [1.29, 1.82) is 0 Å². The SMILES string of the molecule is N[C@@H](Cc1ccccc1)C(=O)Nc1cccc(-c2cn[nH]c2)c1. The number of benzene rings is 2. The Balaban J connectivity index is 1.67. The molecule has 1 aromatic heterocycles. The predicted octanol–water partition coefficient (Wildman–Crippen LogP) is 2.59. The zero-order chi connectivity index (χ0) is 16.1. The van der Waals surface area contributed by atoms with Crippen LogP contribution in [-0.4, -0.2) is 22.1 Å². The van der Waals surface area contributed by atoms with E-state index in [0.717, 1.165) is 22.4 Å². The first-order chi connectivity index (χ1) is 11.2. The van der Waals surface area contributed by atoms with Crippen molar-refractivity contribution in [2.75, 3.05) is 5.32 Å². The zero-order valence-electron chi connectivity index (χ0n) is 12.6. The van der Waals surface area contributed by atoms with Gasteiger partial charge in [0, 0.05) is 17.4 Å². The molecule has 5 heteroatoms. The van der Waals surface area contributed by atoms with Crippen molar-refractivity contribution in [2.24, 2.45) is 5.73 Å². The van der Waals surface area contributed by atoms with E-state index in [9.17, 15) is 4.79 Å². The maximum Gasteiger partial charge on any atom is 0.241 e. The number of carbonyl (C=O) groups excluding carboxylic acids is 1. The molecule has 0 spiro atoms. The molecular formula is C18H18N4O. The molecule has 0 saturated heterocycles. The van der Waals surface area contributed by atoms with E-state index in [1.54, 1.807) is 6.20 Å². The molecular weight excluding hydrogens is 288 g/mol. The van der Waals surface area contributed by atoms with E-state index < -0.39 is 6.04 Å². The quantitative estimate of drug-likeness (QED) is 0.677. The highest BCUT2D eigenvalue weighted by Crippen LogP contribution is 2.21. The van der Waals surface area contributed by atoms with Gasteiger partial charge in [0.25, 0.3) is 0 Å². The molecule has 0 aliphatic heterocycles. The Kier molecular flexibility index (Phi) is 4.49. The van der Waals surface area contributed by atoms with Crippen molar-refractivity contribution in [1.82, 2.24) is 10.2 Å². The van der Waals surface area contributed by atoms with Gasteiger partial charge in [0.1, 0.15) is 0 Å². The normalized spacial score (nSPS) is 11.9. The van der Waals surface area contributed by atoms with Crippen molar-refractivity contribution in [2.45, 2.75) is 12.5 Å². The first-order valence-corrected chi connectivity index (χ1v) is 7.42. The summed E-state index contributed by atoms with van der Waals surface area (Å²) in [5.41, 5.74) is 9.71. The van der Waals surface area contributed by atoms with Crippen LogP contribution in [0.5, 0.6) is 0 Å². The average Bonchev–Trinajstić information content (AvgIpc) is 3.10. The summed E-state index contributed by atoms with van der Waals surface area (Å²) >= 11 is 0. The first-order valence-electron chi connectivity index (χ1n) is 7.42. The first kappa shape index (κ1) is 15.0. The van der Waals surface area contributed by atoms with E-state index in [1.807, 2.05) is 60.8 Å². The Bertz CT molecular complexity index is 769. The van der Waals surface area contributed by atoms with Gasteiger partial charge >= 0.3 is 0 Å². The zero-order valence-corrected chi connectivity index (χ0v) is 12.6. The molecule has 5 nitrogen and oxygen atoms in total. The monoisotopic (exact) mass is 306 g/mol. The summed E-state index contributed by atoms with van der Waals surface area (Å²) in [7, 11) is 0. The summed E-state index contributed by atoms with van der Waals surface area (Å²) in [4.78, 5) is 12.3. The molecule has 0 fully saturated rings. The number of nitrogens with one attached hydrogen (secondary N) is 2. The smallest absolute Gasteiger partial charge is 0.241 e. The number of anilines is 1. The lowest BCUT2D eigenvalue weighted by Crippen LogP contribution is -2.37. The molecule has 0 radical (unpaired) electrons. The third kappa shape index (κ3) is 3.84. The van der Waals surface area contributed by atoms with E-state index in [2.05, 4.69) is 15.5 Å². The maximum absolute atomic E-state index is 12.3. The Morgan fingerprint density at radius 2 is 1.96 bits per heavy atom. The van der Waals surface area contributed by atoms with Gasteiger partial charge in [0.05, 0.1) is 12.2 Å². The molecule has 0 saturated carbocycles. The minimum Gasteiger partial charge on any atom is -0.325 e. The fraction of sp³-hybridized carbons (Fsp3) is 0.111. The van der Waals surface area contributed by atoms with Gasteiger partial charge < -0.3 is 11.1 Å². The lowest BCUT2D eigenvalue weighted by atomic mass is 10.1. The van der Waals surface area contributed by atoms with Crippen molar-refractivity contribution in [3.8, 4) is 11.1 Å². The number of nitrogens with two attached hydrogens (primary N) is 1. The fourth-order valence-electron chi connectivity index (χ4n) is 2.38. The van der Waals surface area contributed by atoms with Crippen molar-refractivity contribution in [3.63, 3.8) is 0 Å². The molecule has 0 aliphatic rings. The summed E-state index contributed by atoms with van der Waals surface area (Å²) in [6, 6.07) is 16.8. The summed E-state index contributed by atoms with van der Waals surface area (Å²) in [5, 5.41) is 9.58. The number of aromatic nitrogens is 2. The van der Waals surface area contributed by atoms with Crippen LogP contribution in [0, 0.1) is 0 Å². The molecule has 1 atom stereocenters. The second-order valence-corrected chi connectivity index (χ2v) is 5.35. The second-order valence-electron chi connectivity index (χ2n) is 5.35. The highest BCUT2D eigenvalue weighted by atomic mass is 16.2. The third-order valence-corrected chi connectivity index (χ3v) is 3.60. The van der Waals surface area contributed by atoms with E-state index in [1.165, 1.54) is 0 Å². The number of aromatic amines is 1. The maximum atomic E-state index is 12.3. The number of H-pyrrole nitrogens is 1. The summed E-state index contributed by atoms with van der Waals surface area (Å²) < 4.78 is 0. The largest absolute Gasteiger partial charge is 0.325 e. The minimum absolute atomic E-state index is 0.196. The number of carbonyl (C=O) groups is 1. The predicted molar refractivity (Wildman–Crippen MR) is 90.8 cm³/mol. The highest BCUT2D eigenvalue weighted by molar-refractivity contribution is 5.95. The Morgan fingerprint density at radius 3 is 2.70 bits per heavy atom. The summed E-state index contributed by atoms with van der Waals surface area (Å²) in [6.07, 6.45) is 4.05.